The minimum atomic E-state index is -0.921. The quantitative estimate of drug-likeness (QED) is 0.458. The van der Waals surface area contributed by atoms with Crippen LogP contribution in [0.3, 0.4) is 0 Å². The molecule has 1 aliphatic heterocycles. The van der Waals surface area contributed by atoms with E-state index in [2.05, 4.69) is 26.6 Å². The van der Waals surface area contributed by atoms with Gasteiger partial charge in [-0.05, 0) is 25.3 Å². The lowest BCUT2D eigenvalue weighted by atomic mass is 10.1. The second-order valence-corrected chi connectivity index (χ2v) is 12.1. The first-order chi connectivity index (χ1) is 7.51. The summed E-state index contributed by atoms with van der Waals surface area (Å²) >= 11 is 0. The van der Waals surface area contributed by atoms with E-state index in [1.807, 2.05) is 0 Å². The molecule has 1 nitrogen and oxygen atoms in total. The van der Waals surface area contributed by atoms with E-state index in [-0.39, 0.29) is 0 Å². The van der Waals surface area contributed by atoms with E-state index in [0.29, 0.717) is 12.2 Å². The Morgan fingerprint density at radius 1 is 1.00 bits per heavy atom. The third-order valence-corrected chi connectivity index (χ3v) is 5.10. The second kappa shape index (κ2) is 6.80. The molecule has 0 aromatic rings. The van der Waals surface area contributed by atoms with Crippen molar-refractivity contribution in [2.45, 2.75) is 89.8 Å². The van der Waals surface area contributed by atoms with Crippen molar-refractivity contribution < 1.29 is 4.74 Å². The molecule has 0 radical (unpaired) electrons. The molecule has 2 unspecified atom stereocenters. The van der Waals surface area contributed by atoms with Crippen LogP contribution in [0.2, 0.25) is 25.7 Å². The van der Waals surface area contributed by atoms with Crippen molar-refractivity contribution in [2.75, 3.05) is 0 Å². The van der Waals surface area contributed by atoms with Crippen molar-refractivity contribution >= 4 is 8.07 Å². The van der Waals surface area contributed by atoms with Gasteiger partial charge in [0.2, 0.25) is 0 Å². The zero-order valence-corrected chi connectivity index (χ0v) is 12.7. The fourth-order valence-corrected chi connectivity index (χ4v) is 4.29. The van der Waals surface area contributed by atoms with Crippen LogP contribution in [0.1, 0.15) is 51.9 Å². The van der Waals surface area contributed by atoms with Gasteiger partial charge in [-0.1, -0.05) is 52.2 Å². The van der Waals surface area contributed by atoms with Crippen molar-refractivity contribution in [3.8, 4) is 0 Å². The van der Waals surface area contributed by atoms with Crippen LogP contribution in [0.25, 0.3) is 0 Å². The zero-order chi connectivity index (χ0) is 12.0. The topological polar surface area (TPSA) is 9.23 Å². The standard InChI is InChI=1S/C14H30OSi/c1-5-6-7-8-9-13-10-11-14(15-13)12-16(2,3)4/h13-14H,5-12H2,1-4H3. The van der Waals surface area contributed by atoms with Crippen molar-refractivity contribution in [3.63, 3.8) is 0 Å². The van der Waals surface area contributed by atoms with Crippen molar-refractivity contribution in [1.29, 1.82) is 0 Å². The van der Waals surface area contributed by atoms with Gasteiger partial charge in [-0.15, -0.1) is 0 Å². The van der Waals surface area contributed by atoms with E-state index in [1.54, 1.807) is 0 Å². The molecule has 0 aromatic heterocycles. The Morgan fingerprint density at radius 2 is 1.69 bits per heavy atom. The number of hydrogen-bond donors (Lipinski definition) is 0. The Kier molecular flexibility index (Phi) is 6.05. The fourth-order valence-electron chi connectivity index (χ4n) is 2.62. The van der Waals surface area contributed by atoms with Gasteiger partial charge in [-0.2, -0.15) is 0 Å². The predicted molar refractivity (Wildman–Crippen MR) is 74.8 cm³/mol. The molecule has 2 atom stereocenters. The maximum atomic E-state index is 6.15. The van der Waals surface area contributed by atoms with Crippen molar-refractivity contribution in [2.24, 2.45) is 0 Å². The molecule has 1 rings (SSSR count). The number of ether oxygens (including phenoxy) is 1. The van der Waals surface area contributed by atoms with E-state index in [4.69, 9.17) is 4.74 Å². The molecular formula is C14H30OSi. The van der Waals surface area contributed by atoms with Gasteiger partial charge in [0.05, 0.1) is 12.2 Å². The molecular weight excluding hydrogens is 212 g/mol. The summed E-state index contributed by atoms with van der Waals surface area (Å²) in [6.45, 7) is 9.62. The van der Waals surface area contributed by atoms with Gasteiger partial charge in [0.1, 0.15) is 0 Å². The monoisotopic (exact) mass is 242 g/mol. The Hall–Kier alpha value is 0.177. The highest BCUT2D eigenvalue weighted by Gasteiger charge is 2.28. The Bertz CT molecular complexity index is 186. The Morgan fingerprint density at radius 3 is 2.31 bits per heavy atom. The molecule has 1 aliphatic rings. The van der Waals surface area contributed by atoms with E-state index >= 15 is 0 Å². The number of unbranched alkanes of at least 4 members (excludes halogenated alkanes) is 3. The van der Waals surface area contributed by atoms with Gasteiger partial charge in [-0.25, -0.2) is 0 Å². The van der Waals surface area contributed by atoms with Gasteiger partial charge in [-0.3, -0.25) is 0 Å². The highest BCUT2D eigenvalue weighted by Crippen LogP contribution is 2.29. The zero-order valence-electron chi connectivity index (χ0n) is 11.7. The SMILES string of the molecule is CCCCCCC1CCC(C[Si](C)(C)C)O1. The van der Waals surface area contributed by atoms with E-state index < -0.39 is 8.07 Å². The first-order valence-electron chi connectivity index (χ1n) is 7.17. The summed E-state index contributed by atoms with van der Waals surface area (Å²) in [5, 5.41) is 0. The molecule has 0 spiro atoms. The largest absolute Gasteiger partial charge is 0.375 e. The van der Waals surface area contributed by atoms with Crippen LogP contribution in [0, 0.1) is 0 Å². The maximum Gasteiger partial charge on any atom is 0.0579 e. The van der Waals surface area contributed by atoms with Crippen LogP contribution < -0.4 is 0 Å². The molecule has 0 amide bonds. The highest BCUT2D eigenvalue weighted by atomic mass is 28.3. The van der Waals surface area contributed by atoms with Gasteiger partial charge in [0.15, 0.2) is 0 Å². The molecule has 0 bridgehead atoms. The lowest BCUT2D eigenvalue weighted by Gasteiger charge is -2.21. The summed E-state index contributed by atoms with van der Waals surface area (Å²) < 4.78 is 6.15. The van der Waals surface area contributed by atoms with Gasteiger partial charge >= 0.3 is 0 Å². The summed E-state index contributed by atoms with van der Waals surface area (Å²) in [5.41, 5.74) is 0. The van der Waals surface area contributed by atoms with Crippen molar-refractivity contribution in [1.82, 2.24) is 0 Å². The van der Waals surface area contributed by atoms with Gasteiger partial charge < -0.3 is 4.74 Å². The highest BCUT2D eigenvalue weighted by molar-refractivity contribution is 6.76. The molecule has 1 heterocycles. The molecule has 0 saturated carbocycles. The molecule has 96 valence electrons. The minimum Gasteiger partial charge on any atom is -0.375 e. The second-order valence-electron chi connectivity index (χ2n) is 6.57. The lowest BCUT2D eigenvalue weighted by Crippen LogP contribution is -2.26. The first kappa shape index (κ1) is 14.2. The van der Waals surface area contributed by atoms with E-state index in [0.717, 1.165) is 0 Å². The molecule has 2 heteroatoms. The van der Waals surface area contributed by atoms with Crippen LogP contribution in [0.15, 0.2) is 0 Å². The predicted octanol–water partition coefficient (Wildman–Crippen LogP) is 4.84. The molecule has 16 heavy (non-hydrogen) atoms. The Labute approximate surface area is 103 Å². The molecule has 0 aromatic carbocycles. The van der Waals surface area contributed by atoms with Crippen LogP contribution in [0.5, 0.6) is 0 Å². The van der Waals surface area contributed by atoms with Crippen molar-refractivity contribution in [3.05, 3.63) is 0 Å². The average Bonchev–Trinajstić information content (AvgIpc) is 2.58. The van der Waals surface area contributed by atoms with Gasteiger partial charge in [0, 0.05) is 8.07 Å². The van der Waals surface area contributed by atoms with Crippen LogP contribution in [0.4, 0.5) is 0 Å². The number of hydrogen-bond acceptors (Lipinski definition) is 1. The van der Waals surface area contributed by atoms with Crippen LogP contribution >= 0.6 is 0 Å². The third-order valence-electron chi connectivity index (χ3n) is 3.42. The molecule has 0 N–H and O–H groups in total. The fraction of sp³-hybridized carbons (Fsp3) is 1.00. The number of rotatable bonds is 7. The average molecular weight is 242 g/mol. The molecule has 0 aliphatic carbocycles. The molecule has 1 fully saturated rings. The normalized spacial score (nSPS) is 26.2. The van der Waals surface area contributed by atoms with Crippen LogP contribution in [-0.4, -0.2) is 20.3 Å². The summed E-state index contributed by atoms with van der Waals surface area (Å²) in [7, 11) is -0.921. The third kappa shape index (κ3) is 6.05. The first-order valence-corrected chi connectivity index (χ1v) is 10.9. The van der Waals surface area contributed by atoms with Gasteiger partial charge in [0.25, 0.3) is 0 Å². The molecule has 1 saturated heterocycles. The summed E-state index contributed by atoms with van der Waals surface area (Å²) in [5.74, 6) is 0. The summed E-state index contributed by atoms with van der Waals surface area (Å²) in [6.07, 6.45) is 10.6. The smallest absolute Gasteiger partial charge is 0.0579 e. The summed E-state index contributed by atoms with van der Waals surface area (Å²) in [4.78, 5) is 0. The lowest BCUT2D eigenvalue weighted by molar-refractivity contribution is 0.0488. The summed E-state index contributed by atoms with van der Waals surface area (Å²) in [6, 6.07) is 1.36. The minimum absolute atomic E-state index is 0.596. The van der Waals surface area contributed by atoms with Crippen LogP contribution in [-0.2, 0) is 4.74 Å². The Balaban J connectivity index is 2.10. The maximum absolute atomic E-state index is 6.15. The van der Waals surface area contributed by atoms with E-state index in [9.17, 15) is 0 Å². The van der Waals surface area contributed by atoms with E-state index in [1.165, 1.54) is 51.0 Å².